The summed E-state index contributed by atoms with van der Waals surface area (Å²) < 4.78 is 0. The van der Waals surface area contributed by atoms with Gasteiger partial charge in [0.2, 0.25) is 0 Å². The third kappa shape index (κ3) is 6.22. The van der Waals surface area contributed by atoms with Crippen molar-refractivity contribution in [1.29, 1.82) is 0 Å². The highest BCUT2D eigenvalue weighted by atomic mass is 16.3. The molecular formula is C29H36O4. The molecule has 0 aromatic heterocycles. The maximum absolute atomic E-state index is 13.9. The number of aliphatic hydroxyl groups is 2. The Morgan fingerprint density at radius 1 is 0.848 bits per heavy atom. The number of benzene rings is 1. The minimum absolute atomic E-state index is 0.00400. The van der Waals surface area contributed by atoms with Crippen LogP contribution in [0.4, 0.5) is 0 Å². The second kappa shape index (κ2) is 11.1. The number of aliphatic hydroxyl groups excluding tert-OH is 2. The molecule has 0 atom stereocenters. The van der Waals surface area contributed by atoms with E-state index < -0.39 is 22.7 Å². The van der Waals surface area contributed by atoms with E-state index in [1.165, 1.54) is 0 Å². The number of Topliss-reactive ketones (excluding diaryl/α,β-unsaturated/α-hetero) is 2. The topological polar surface area (TPSA) is 74.6 Å². The van der Waals surface area contributed by atoms with Crippen LogP contribution in [-0.4, -0.2) is 21.8 Å². The van der Waals surface area contributed by atoms with Crippen LogP contribution in [0.25, 0.3) is 0 Å². The Kier molecular flexibility index (Phi) is 8.81. The first-order chi connectivity index (χ1) is 15.5. The van der Waals surface area contributed by atoms with Gasteiger partial charge in [0.05, 0.1) is 5.41 Å². The lowest BCUT2D eigenvalue weighted by Crippen LogP contribution is -2.41. The van der Waals surface area contributed by atoms with Crippen LogP contribution < -0.4 is 0 Å². The second-order valence-electron chi connectivity index (χ2n) is 9.50. The van der Waals surface area contributed by atoms with Gasteiger partial charge >= 0.3 is 0 Å². The molecule has 0 unspecified atom stereocenters. The Hall–Kier alpha value is -3.14. The summed E-state index contributed by atoms with van der Waals surface area (Å²) in [4.78, 5) is 27.3. The Morgan fingerprint density at radius 3 is 1.85 bits per heavy atom. The molecule has 0 aliphatic heterocycles. The first-order valence-electron chi connectivity index (χ1n) is 11.4. The van der Waals surface area contributed by atoms with Gasteiger partial charge in [0, 0.05) is 12.0 Å². The standard InChI is InChI=1S/C29H36O4/c1-19(2)12-13-23-26(31)25(24(30)18-22-10-8-7-9-11-22)28(33)29(27(23)32,16-14-20(3)4)17-15-21(5)6/h7-12,14-15,31-32H,13,16-18H2,1-6H3. The molecule has 176 valence electrons. The van der Waals surface area contributed by atoms with Crippen molar-refractivity contribution in [1.82, 2.24) is 0 Å². The number of hydrogen-bond acceptors (Lipinski definition) is 4. The van der Waals surface area contributed by atoms with Crippen molar-refractivity contribution in [2.75, 3.05) is 0 Å². The van der Waals surface area contributed by atoms with Crippen molar-refractivity contribution < 1.29 is 19.8 Å². The fourth-order valence-corrected chi connectivity index (χ4v) is 3.85. The van der Waals surface area contributed by atoms with Crippen LogP contribution in [0.2, 0.25) is 0 Å². The highest BCUT2D eigenvalue weighted by Gasteiger charge is 2.49. The zero-order chi connectivity index (χ0) is 24.8. The first kappa shape index (κ1) is 26.1. The normalized spacial score (nSPS) is 15.3. The van der Waals surface area contributed by atoms with Crippen LogP contribution in [0.1, 0.15) is 66.4 Å². The van der Waals surface area contributed by atoms with E-state index in [0.717, 1.165) is 22.3 Å². The number of carbonyl (C=O) groups excluding carboxylic acids is 2. The van der Waals surface area contributed by atoms with Gasteiger partial charge in [-0.05, 0) is 66.4 Å². The summed E-state index contributed by atoms with van der Waals surface area (Å²) in [7, 11) is 0. The lowest BCUT2D eigenvalue weighted by atomic mass is 9.66. The minimum atomic E-state index is -1.33. The monoisotopic (exact) mass is 448 g/mol. The summed E-state index contributed by atoms with van der Waals surface area (Å²) in [5.74, 6) is -1.51. The molecule has 2 rings (SSSR count). The third-order valence-electron chi connectivity index (χ3n) is 5.84. The summed E-state index contributed by atoms with van der Waals surface area (Å²) in [5.41, 5.74) is 2.50. The third-order valence-corrected chi connectivity index (χ3v) is 5.84. The minimum Gasteiger partial charge on any atom is -0.511 e. The Bertz CT molecular complexity index is 1030. The second-order valence-corrected chi connectivity index (χ2v) is 9.50. The molecule has 1 aromatic carbocycles. The molecule has 2 N–H and O–H groups in total. The SMILES string of the molecule is CC(C)=CCC1=C(O)C(CC=C(C)C)(CC=C(C)C)C(=O)C(C(=O)Cc2ccccc2)=C1O. The van der Waals surface area contributed by atoms with E-state index in [4.69, 9.17) is 0 Å². The lowest BCUT2D eigenvalue weighted by Gasteiger charge is -2.36. The van der Waals surface area contributed by atoms with Crippen molar-refractivity contribution in [3.63, 3.8) is 0 Å². The molecule has 0 spiro atoms. The van der Waals surface area contributed by atoms with Gasteiger partial charge in [0.25, 0.3) is 0 Å². The van der Waals surface area contributed by atoms with Crippen molar-refractivity contribution in [2.24, 2.45) is 5.41 Å². The summed E-state index contributed by atoms with van der Waals surface area (Å²) in [6, 6.07) is 9.16. The molecule has 4 nitrogen and oxygen atoms in total. The Balaban J connectivity index is 2.72. The summed E-state index contributed by atoms with van der Waals surface area (Å²) in [6.45, 7) is 11.6. The van der Waals surface area contributed by atoms with Gasteiger partial charge in [-0.2, -0.15) is 0 Å². The van der Waals surface area contributed by atoms with Gasteiger partial charge in [0.15, 0.2) is 11.6 Å². The number of carbonyl (C=O) groups is 2. The summed E-state index contributed by atoms with van der Waals surface area (Å²) in [5, 5.41) is 22.5. The van der Waals surface area contributed by atoms with E-state index >= 15 is 0 Å². The highest BCUT2D eigenvalue weighted by molar-refractivity contribution is 6.24. The number of rotatable bonds is 9. The quantitative estimate of drug-likeness (QED) is 0.313. The maximum atomic E-state index is 13.9. The van der Waals surface area contributed by atoms with Crippen LogP contribution in [0.3, 0.4) is 0 Å². The number of allylic oxidation sites excluding steroid dienone is 9. The molecule has 33 heavy (non-hydrogen) atoms. The molecule has 0 saturated carbocycles. The van der Waals surface area contributed by atoms with E-state index in [0.29, 0.717) is 0 Å². The van der Waals surface area contributed by atoms with Crippen LogP contribution in [0.15, 0.2) is 87.9 Å². The van der Waals surface area contributed by atoms with Crippen molar-refractivity contribution in [3.8, 4) is 0 Å². The molecule has 1 aromatic rings. The van der Waals surface area contributed by atoms with Crippen LogP contribution in [0.5, 0.6) is 0 Å². The molecule has 0 fully saturated rings. The maximum Gasteiger partial charge on any atom is 0.184 e. The fraction of sp³-hybridized carbons (Fsp3) is 0.379. The highest BCUT2D eigenvalue weighted by Crippen LogP contribution is 2.46. The van der Waals surface area contributed by atoms with Gasteiger partial charge in [-0.1, -0.05) is 65.3 Å². The van der Waals surface area contributed by atoms with Crippen LogP contribution in [0, 0.1) is 5.41 Å². The zero-order valence-electron chi connectivity index (χ0n) is 20.7. The predicted octanol–water partition coefficient (Wildman–Crippen LogP) is 7.06. The van der Waals surface area contributed by atoms with Gasteiger partial charge in [-0.3, -0.25) is 9.59 Å². The Morgan fingerprint density at radius 2 is 1.36 bits per heavy atom. The molecule has 1 aliphatic rings. The molecule has 0 saturated heterocycles. The van der Waals surface area contributed by atoms with Gasteiger partial charge in [-0.15, -0.1) is 0 Å². The molecule has 4 heteroatoms. The van der Waals surface area contributed by atoms with Crippen LogP contribution in [-0.2, 0) is 16.0 Å². The molecule has 0 heterocycles. The molecule has 0 radical (unpaired) electrons. The average Bonchev–Trinajstić information content (AvgIpc) is 2.73. The van der Waals surface area contributed by atoms with Crippen molar-refractivity contribution >= 4 is 11.6 Å². The fourth-order valence-electron chi connectivity index (χ4n) is 3.85. The van der Waals surface area contributed by atoms with Crippen LogP contribution >= 0.6 is 0 Å². The van der Waals surface area contributed by atoms with E-state index in [9.17, 15) is 19.8 Å². The lowest BCUT2D eigenvalue weighted by molar-refractivity contribution is -0.128. The molecule has 1 aliphatic carbocycles. The van der Waals surface area contributed by atoms with Gasteiger partial charge in [-0.25, -0.2) is 0 Å². The zero-order valence-corrected chi connectivity index (χ0v) is 20.7. The average molecular weight is 449 g/mol. The summed E-state index contributed by atoms with van der Waals surface area (Å²) >= 11 is 0. The van der Waals surface area contributed by atoms with E-state index in [-0.39, 0.29) is 42.6 Å². The Labute approximate surface area is 197 Å². The molecule has 0 bridgehead atoms. The molecular weight excluding hydrogens is 412 g/mol. The summed E-state index contributed by atoms with van der Waals surface area (Å²) in [6.07, 6.45) is 6.43. The van der Waals surface area contributed by atoms with Gasteiger partial charge in [0.1, 0.15) is 17.1 Å². The smallest absolute Gasteiger partial charge is 0.184 e. The predicted molar refractivity (Wildman–Crippen MR) is 134 cm³/mol. The number of hydrogen-bond donors (Lipinski definition) is 2. The number of ketones is 2. The largest absolute Gasteiger partial charge is 0.511 e. The van der Waals surface area contributed by atoms with Crippen molar-refractivity contribution in [3.05, 3.63) is 93.5 Å². The van der Waals surface area contributed by atoms with Gasteiger partial charge < -0.3 is 10.2 Å². The van der Waals surface area contributed by atoms with E-state index in [1.807, 2.05) is 90.1 Å². The first-order valence-corrected chi connectivity index (χ1v) is 11.4. The van der Waals surface area contributed by atoms with Crippen molar-refractivity contribution in [2.45, 2.75) is 67.2 Å². The van der Waals surface area contributed by atoms with E-state index in [1.54, 1.807) is 0 Å². The van der Waals surface area contributed by atoms with E-state index in [2.05, 4.69) is 0 Å². The molecule has 0 amide bonds.